The second kappa shape index (κ2) is 6.45. The van der Waals surface area contributed by atoms with Crippen molar-refractivity contribution < 1.29 is 4.74 Å². The van der Waals surface area contributed by atoms with E-state index < -0.39 is 0 Å². The van der Waals surface area contributed by atoms with Gasteiger partial charge < -0.3 is 4.74 Å². The van der Waals surface area contributed by atoms with E-state index in [0.29, 0.717) is 0 Å². The Morgan fingerprint density at radius 2 is 1.59 bits per heavy atom. The van der Waals surface area contributed by atoms with E-state index in [1.165, 1.54) is 5.56 Å². The molecule has 0 unspecified atom stereocenters. The van der Waals surface area contributed by atoms with Crippen LogP contribution in [0.25, 0.3) is 11.1 Å². The molecule has 0 radical (unpaired) electrons. The zero-order chi connectivity index (χ0) is 11.9. The summed E-state index contributed by atoms with van der Waals surface area (Å²) in [5.74, 6) is 0.958. The SMILES string of the molecule is BrCCCOc1ccccc1-c1ccccc1. The van der Waals surface area contributed by atoms with Crippen LogP contribution in [-0.2, 0) is 0 Å². The molecule has 0 bridgehead atoms. The van der Waals surface area contributed by atoms with Crippen LogP contribution in [0.1, 0.15) is 6.42 Å². The number of halogens is 1. The van der Waals surface area contributed by atoms with Gasteiger partial charge in [-0.25, -0.2) is 0 Å². The number of hydrogen-bond donors (Lipinski definition) is 0. The number of ether oxygens (including phenoxy) is 1. The molecule has 0 N–H and O–H groups in total. The Morgan fingerprint density at radius 1 is 0.882 bits per heavy atom. The fraction of sp³-hybridized carbons (Fsp3) is 0.200. The summed E-state index contributed by atoms with van der Waals surface area (Å²) in [5, 5.41) is 0.973. The molecule has 0 fully saturated rings. The molecule has 0 saturated heterocycles. The quantitative estimate of drug-likeness (QED) is 0.581. The molecular weight excluding hydrogens is 276 g/mol. The van der Waals surface area contributed by atoms with E-state index in [1.807, 2.05) is 36.4 Å². The highest BCUT2D eigenvalue weighted by molar-refractivity contribution is 9.09. The zero-order valence-corrected chi connectivity index (χ0v) is 11.2. The van der Waals surface area contributed by atoms with Gasteiger partial charge in [-0.05, 0) is 18.1 Å². The summed E-state index contributed by atoms with van der Waals surface area (Å²) < 4.78 is 5.80. The summed E-state index contributed by atoms with van der Waals surface area (Å²) in [7, 11) is 0. The van der Waals surface area contributed by atoms with Crippen molar-refractivity contribution in [2.45, 2.75) is 6.42 Å². The van der Waals surface area contributed by atoms with Crippen LogP contribution in [0, 0.1) is 0 Å². The van der Waals surface area contributed by atoms with Crippen LogP contribution in [0.3, 0.4) is 0 Å². The summed E-state index contributed by atoms with van der Waals surface area (Å²) in [6.45, 7) is 0.745. The van der Waals surface area contributed by atoms with Crippen molar-refractivity contribution in [2.75, 3.05) is 11.9 Å². The highest BCUT2D eigenvalue weighted by Crippen LogP contribution is 2.29. The second-order valence-corrected chi connectivity index (χ2v) is 4.55. The van der Waals surface area contributed by atoms with Gasteiger partial charge in [0.2, 0.25) is 0 Å². The lowest BCUT2D eigenvalue weighted by Crippen LogP contribution is -1.98. The van der Waals surface area contributed by atoms with E-state index in [0.717, 1.165) is 29.7 Å². The summed E-state index contributed by atoms with van der Waals surface area (Å²) >= 11 is 3.41. The van der Waals surface area contributed by atoms with Gasteiger partial charge in [-0.2, -0.15) is 0 Å². The Morgan fingerprint density at radius 3 is 2.35 bits per heavy atom. The van der Waals surface area contributed by atoms with Gasteiger partial charge in [0.05, 0.1) is 6.61 Å². The van der Waals surface area contributed by atoms with Crippen molar-refractivity contribution in [3.63, 3.8) is 0 Å². The van der Waals surface area contributed by atoms with Gasteiger partial charge in [0, 0.05) is 10.9 Å². The molecule has 0 aliphatic heterocycles. The molecule has 2 aromatic carbocycles. The van der Waals surface area contributed by atoms with Crippen LogP contribution in [0.15, 0.2) is 54.6 Å². The second-order valence-electron chi connectivity index (χ2n) is 3.75. The number of para-hydroxylation sites is 1. The summed E-state index contributed by atoms with van der Waals surface area (Å²) in [4.78, 5) is 0. The molecule has 2 rings (SSSR count). The number of benzene rings is 2. The van der Waals surface area contributed by atoms with Gasteiger partial charge in [0.25, 0.3) is 0 Å². The summed E-state index contributed by atoms with van der Waals surface area (Å²) in [6.07, 6.45) is 1.02. The minimum atomic E-state index is 0.745. The largest absolute Gasteiger partial charge is 0.493 e. The smallest absolute Gasteiger partial charge is 0.127 e. The third kappa shape index (κ3) is 3.34. The average Bonchev–Trinajstić information content (AvgIpc) is 2.41. The Balaban J connectivity index is 2.22. The average molecular weight is 291 g/mol. The lowest BCUT2D eigenvalue weighted by Gasteiger charge is -2.10. The van der Waals surface area contributed by atoms with Gasteiger partial charge >= 0.3 is 0 Å². The molecule has 17 heavy (non-hydrogen) atoms. The highest BCUT2D eigenvalue weighted by atomic mass is 79.9. The Kier molecular flexibility index (Phi) is 4.63. The van der Waals surface area contributed by atoms with Gasteiger partial charge in [0.1, 0.15) is 5.75 Å². The fourth-order valence-corrected chi connectivity index (χ4v) is 1.91. The molecule has 0 atom stereocenters. The topological polar surface area (TPSA) is 9.23 Å². The van der Waals surface area contributed by atoms with Gasteiger partial charge in [-0.3, -0.25) is 0 Å². The van der Waals surface area contributed by atoms with Crippen LogP contribution >= 0.6 is 15.9 Å². The molecule has 0 aliphatic rings. The van der Waals surface area contributed by atoms with Crippen molar-refractivity contribution in [3.8, 4) is 16.9 Å². The Labute approximate surface area is 111 Å². The molecule has 0 heterocycles. The molecule has 88 valence electrons. The minimum absolute atomic E-state index is 0.745. The third-order valence-corrected chi connectivity index (χ3v) is 3.07. The van der Waals surface area contributed by atoms with Crippen molar-refractivity contribution >= 4 is 15.9 Å². The monoisotopic (exact) mass is 290 g/mol. The van der Waals surface area contributed by atoms with Crippen molar-refractivity contribution in [3.05, 3.63) is 54.6 Å². The molecule has 0 spiro atoms. The van der Waals surface area contributed by atoms with Crippen LogP contribution in [0.4, 0.5) is 0 Å². The fourth-order valence-electron chi connectivity index (χ4n) is 1.69. The Hall–Kier alpha value is -1.28. The molecule has 2 aromatic rings. The molecule has 0 aliphatic carbocycles. The number of rotatable bonds is 5. The number of hydrogen-bond acceptors (Lipinski definition) is 1. The van der Waals surface area contributed by atoms with Gasteiger partial charge in [-0.1, -0.05) is 64.5 Å². The molecule has 0 saturated carbocycles. The van der Waals surface area contributed by atoms with Crippen molar-refractivity contribution in [1.82, 2.24) is 0 Å². The van der Waals surface area contributed by atoms with Crippen molar-refractivity contribution in [1.29, 1.82) is 0 Å². The lowest BCUT2D eigenvalue weighted by molar-refractivity contribution is 0.320. The van der Waals surface area contributed by atoms with E-state index in [9.17, 15) is 0 Å². The van der Waals surface area contributed by atoms with E-state index in [1.54, 1.807) is 0 Å². The first-order chi connectivity index (χ1) is 8.42. The molecular formula is C15H15BrO. The van der Waals surface area contributed by atoms with Gasteiger partial charge in [0.15, 0.2) is 0 Å². The maximum Gasteiger partial charge on any atom is 0.127 e. The predicted molar refractivity (Wildman–Crippen MR) is 75.8 cm³/mol. The first-order valence-corrected chi connectivity index (χ1v) is 6.87. The first kappa shape index (κ1) is 12.2. The highest BCUT2D eigenvalue weighted by Gasteiger charge is 2.04. The molecule has 0 aromatic heterocycles. The minimum Gasteiger partial charge on any atom is -0.493 e. The summed E-state index contributed by atoms with van der Waals surface area (Å²) in [5.41, 5.74) is 2.35. The van der Waals surface area contributed by atoms with Crippen LogP contribution in [-0.4, -0.2) is 11.9 Å². The number of alkyl halides is 1. The molecule has 1 nitrogen and oxygen atoms in total. The van der Waals surface area contributed by atoms with Crippen LogP contribution in [0.5, 0.6) is 5.75 Å². The van der Waals surface area contributed by atoms with Gasteiger partial charge in [-0.15, -0.1) is 0 Å². The van der Waals surface area contributed by atoms with Crippen LogP contribution in [0.2, 0.25) is 0 Å². The predicted octanol–water partition coefficient (Wildman–Crippen LogP) is 4.52. The normalized spacial score (nSPS) is 10.2. The van der Waals surface area contributed by atoms with E-state index in [4.69, 9.17) is 4.74 Å². The standard InChI is InChI=1S/C15H15BrO/c16-11-6-12-17-15-10-5-4-9-14(15)13-7-2-1-3-8-13/h1-5,7-10H,6,11-12H2. The van der Waals surface area contributed by atoms with Crippen LogP contribution < -0.4 is 4.74 Å². The lowest BCUT2D eigenvalue weighted by atomic mass is 10.1. The van der Waals surface area contributed by atoms with Crippen molar-refractivity contribution in [2.24, 2.45) is 0 Å². The van der Waals surface area contributed by atoms with E-state index in [2.05, 4.69) is 34.1 Å². The van der Waals surface area contributed by atoms with E-state index >= 15 is 0 Å². The first-order valence-electron chi connectivity index (χ1n) is 5.75. The molecule has 2 heteroatoms. The maximum atomic E-state index is 5.80. The van der Waals surface area contributed by atoms with E-state index in [-0.39, 0.29) is 0 Å². The Bertz CT molecular complexity index is 453. The third-order valence-electron chi connectivity index (χ3n) is 2.51. The maximum absolute atomic E-state index is 5.80. The molecule has 0 amide bonds. The summed E-state index contributed by atoms with van der Waals surface area (Å²) in [6, 6.07) is 18.5. The zero-order valence-electron chi connectivity index (χ0n) is 9.60.